The average Bonchev–Trinajstić information content (AvgIpc) is 3.32. The van der Waals surface area contributed by atoms with Crippen molar-refractivity contribution in [3.05, 3.63) is 89.9 Å². The van der Waals surface area contributed by atoms with Gasteiger partial charge >= 0.3 is 0 Å². The van der Waals surface area contributed by atoms with Crippen molar-refractivity contribution in [3.63, 3.8) is 0 Å². The van der Waals surface area contributed by atoms with Crippen LogP contribution in [0.5, 0.6) is 0 Å². The molecule has 174 valence electrons. The minimum Gasteiger partial charge on any atom is -0.352 e. The second kappa shape index (κ2) is 10.7. The monoisotopic (exact) mass is 458 g/mol. The second-order valence-corrected chi connectivity index (χ2v) is 8.28. The van der Waals surface area contributed by atoms with Crippen molar-refractivity contribution in [1.29, 1.82) is 0 Å². The molecule has 7 heteroatoms. The highest BCUT2D eigenvalue weighted by molar-refractivity contribution is 5.98. The van der Waals surface area contributed by atoms with E-state index in [9.17, 15) is 14.0 Å². The Bertz CT molecular complexity index is 1300. The lowest BCUT2D eigenvalue weighted by Gasteiger charge is -2.17. The van der Waals surface area contributed by atoms with Gasteiger partial charge in [-0.05, 0) is 53.9 Å². The number of benzene rings is 3. The van der Waals surface area contributed by atoms with Crippen LogP contribution in [0.15, 0.2) is 72.8 Å². The van der Waals surface area contributed by atoms with Gasteiger partial charge in [-0.1, -0.05) is 42.5 Å². The Morgan fingerprint density at radius 1 is 1.00 bits per heavy atom. The van der Waals surface area contributed by atoms with Crippen LogP contribution in [0.2, 0.25) is 0 Å². The maximum absolute atomic E-state index is 13.4. The van der Waals surface area contributed by atoms with E-state index in [0.717, 1.165) is 34.9 Å². The highest BCUT2D eigenvalue weighted by atomic mass is 19.1. The number of amides is 2. The number of hydrogen-bond donors (Lipinski definition) is 2. The van der Waals surface area contributed by atoms with Crippen molar-refractivity contribution in [3.8, 4) is 11.3 Å². The molecular formula is C27H27FN4O2. The van der Waals surface area contributed by atoms with Crippen LogP contribution in [0.4, 0.5) is 4.39 Å². The third-order valence-electron chi connectivity index (χ3n) is 5.75. The summed E-state index contributed by atoms with van der Waals surface area (Å²) >= 11 is 0. The molecule has 4 aromatic rings. The zero-order valence-corrected chi connectivity index (χ0v) is 19.1. The number of carbonyl (C=O) groups excluding carboxylic acids is 2. The number of rotatable bonds is 9. The van der Waals surface area contributed by atoms with Gasteiger partial charge in [-0.25, -0.2) is 4.39 Å². The first-order valence-electron chi connectivity index (χ1n) is 11.3. The molecule has 2 N–H and O–H groups in total. The summed E-state index contributed by atoms with van der Waals surface area (Å²) in [5, 5.41) is 12.1. The molecule has 0 radical (unpaired) electrons. The molecule has 1 aromatic heterocycles. The third kappa shape index (κ3) is 5.86. The molecule has 0 unspecified atom stereocenters. The lowest BCUT2D eigenvalue weighted by atomic mass is 10.1. The number of aromatic nitrogens is 2. The fourth-order valence-corrected chi connectivity index (χ4v) is 3.82. The molecule has 2 amide bonds. The topological polar surface area (TPSA) is 78.1 Å². The summed E-state index contributed by atoms with van der Waals surface area (Å²) < 4.78 is 13.4. The van der Waals surface area contributed by atoms with Gasteiger partial charge in [-0.3, -0.25) is 14.7 Å². The van der Waals surface area contributed by atoms with Crippen molar-refractivity contribution < 1.29 is 14.0 Å². The standard InChI is InChI=1S/C27H27FN4O2/c1-32(15-5-10-24-18-25(31-30-24)21-8-4-9-23(28)17-21)26(33)13-14-29-27(34)22-12-11-19-6-2-3-7-20(19)16-22/h2-4,6-9,11-12,16-18H,5,10,13-15H2,1H3,(H,29,34)(H,30,31). The molecular weight excluding hydrogens is 431 g/mol. The zero-order valence-electron chi connectivity index (χ0n) is 19.1. The number of fused-ring (bicyclic) bond motifs is 1. The van der Waals surface area contributed by atoms with E-state index in [1.165, 1.54) is 12.1 Å². The Kier molecular flexibility index (Phi) is 7.32. The van der Waals surface area contributed by atoms with Gasteiger partial charge in [0, 0.05) is 43.4 Å². The second-order valence-electron chi connectivity index (χ2n) is 8.28. The molecule has 34 heavy (non-hydrogen) atoms. The Balaban J connectivity index is 1.19. The largest absolute Gasteiger partial charge is 0.352 e. The lowest BCUT2D eigenvalue weighted by molar-refractivity contribution is -0.129. The van der Waals surface area contributed by atoms with E-state index in [0.29, 0.717) is 17.8 Å². The Labute approximate surface area is 197 Å². The maximum Gasteiger partial charge on any atom is 0.251 e. The number of carbonyl (C=O) groups is 2. The zero-order chi connectivity index (χ0) is 23.9. The molecule has 0 spiro atoms. The molecule has 0 saturated carbocycles. The smallest absolute Gasteiger partial charge is 0.251 e. The lowest BCUT2D eigenvalue weighted by Crippen LogP contribution is -2.32. The molecule has 0 aliphatic rings. The van der Waals surface area contributed by atoms with E-state index in [-0.39, 0.29) is 30.6 Å². The number of halogens is 1. The number of nitrogens with zero attached hydrogens (tertiary/aromatic N) is 2. The molecule has 1 heterocycles. The van der Waals surface area contributed by atoms with Crippen LogP contribution in [0.25, 0.3) is 22.0 Å². The van der Waals surface area contributed by atoms with E-state index < -0.39 is 0 Å². The van der Waals surface area contributed by atoms with Gasteiger partial charge in [0.05, 0.1) is 5.69 Å². The Morgan fingerprint density at radius 3 is 2.65 bits per heavy atom. The fraction of sp³-hybridized carbons (Fsp3) is 0.222. The Morgan fingerprint density at radius 2 is 1.82 bits per heavy atom. The summed E-state index contributed by atoms with van der Waals surface area (Å²) in [7, 11) is 1.76. The van der Waals surface area contributed by atoms with Crippen LogP contribution in [-0.4, -0.2) is 47.0 Å². The van der Waals surface area contributed by atoms with Crippen molar-refractivity contribution in [2.24, 2.45) is 0 Å². The highest BCUT2D eigenvalue weighted by Crippen LogP contribution is 2.19. The van der Waals surface area contributed by atoms with E-state index in [2.05, 4.69) is 15.5 Å². The van der Waals surface area contributed by atoms with Crippen LogP contribution < -0.4 is 5.32 Å². The van der Waals surface area contributed by atoms with Gasteiger partial charge < -0.3 is 10.2 Å². The van der Waals surface area contributed by atoms with Crippen molar-refractivity contribution in [2.75, 3.05) is 20.1 Å². The first-order chi connectivity index (χ1) is 16.5. The third-order valence-corrected chi connectivity index (χ3v) is 5.75. The SMILES string of the molecule is CN(CCCc1cc(-c2cccc(F)c2)n[nH]1)C(=O)CCNC(=O)c1ccc2ccccc2c1. The Hall–Kier alpha value is -4.00. The van der Waals surface area contributed by atoms with Gasteiger partial charge in [-0.2, -0.15) is 5.10 Å². The molecule has 0 aliphatic carbocycles. The predicted octanol–water partition coefficient (Wildman–Crippen LogP) is 4.58. The molecule has 0 saturated heterocycles. The molecule has 4 rings (SSSR count). The number of aromatic amines is 1. The number of nitrogens with one attached hydrogen (secondary N) is 2. The van der Waals surface area contributed by atoms with Gasteiger partial charge in [0.25, 0.3) is 5.91 Å². The molecule has 0 bridgehead atoms. The van der Waals surface area contributed by atoms with Crippen molar-refractivity contribution in [1.82, 2.24) is 20.4 Å². The van der Waals surface area contributed by atoms with Crippen LogP contribution >= 0.6 is 0 Å². The van der Waals surface area contributed by atoms with Crippen LogP contribution in [0, 0.1) is 5.82 Å². The fourth-order valence-electron chi connectivity index (χ4n) is 3.82. The first kappa shape index (κ1) is 23.2. The minimum atomic E-state index is -0.296. The van der Waals surface area contributed by atoms with E-state index in [4.69, 9.17) is 0 Å². The maximum atomic E-state index is 13.4. The predicted molar refractivity (Wildman–Crippen MR) is 131 cm³/mol. The van der Waals surface area contributed by atoms with E-state index >= 15 is 0 Å². The van der Waals surface area contributed by atoms with E-state index in [1.54, 1.807) is 24.1 Å². The molecule has 0 fully saturated rings. The van der Waals surface area contributed by atoms with Crippen LogP contribution in [-0.2, 0) is 11.2 Å². The van der Waals surface area contributed by atoms with Gasteiger partial charge in [0.2, 0.25) is 5.91 Å². The van der Waals surface area contributed by atoms with Gasteiger partial charge in [0.15, 0.2) is 0 Å². The van der Waals surface area contributed by atoms with Gasteiger partial charge in [-0.15, -0.1) is 0 Å². The van der Waals surface area contributed by atoms with Crippen LogP contribution in [0.3, 0.4) is 0 Å². The first-order valence-corrected chi connectivity index (χ1v) is 11.3. The molecule has 6 nitrogen and oxygen atoms in total. The van der Waals surface area contributed by atoms with Crippen molar-refractivity contribution >= 4 is 22.6 Å². The van der Waals surface area contributed by atoms with Crippen LogP contribution in [0.1, 0.15) is 28.9 Å². The number of H-pyrrole nitrogens is 1. The molecule has 3 aromatic carbocycles. The highest BCUT2D eigenvalue weighted by Gasteiger charge is 2.11. The molecule has 0 atom stereocenters. The summed E-state index contributed by atoms with van der Waals surface area (Å²) in [6.45, 7) is 0.873. The quantitative estimate of drug-likeness (QED) is 0.385. The number of aryl methyl sites for hydroxylation is 1. The normalized spacial score (nSPS) is 10.9. The number of hydrogen-bond acceptors (Lipinski definition) is 3. The summed E-state index contributed by atoms with van der Waals surface area (Å²) in [5.41, 5.74) is 2.93. The van der Waals surface area contributed by atoms with Gasteiger partial charge in [0.1, 0.15) is 5.82 Å². The molecule has 0 aliphatic heterocycles. The van der Waals surface area contributed by atoms with Crippen molar-refractivity contribution in [2.45, 2.75) is 19.3 Å². The summed E-state index contributed by atoms with van der Waals surface area (Å²) in [6, 6.07) is 21.7. The summed E-state index contributed by atoms with van der Waals surface area (Å²) in [6.07, 6.45) is 1.72. The summed E-state index contributed by atoms with van der Waals surface area (Å²) in [4.78, 5) is 26.5. The summed E-state index contributed by atoms with van der Waals surface area (Å²) in [5.74, 6) is -0.505. The minimum absolute atomic E-state index is 0.0242. The average molecular weight is 459 g/mol. The van der Waals surface area contributed by atoms with E-state index in [1.807, 2.05) is 48.5 Å².